The molecule has 0 N–H and O–H groups in total. The minimum atomic E-state index is -0.266. The van der Waals surface area contributed by atoms with Gasteiger partial charge in [0.25, 0.3) is 0 Å². The highest BCUT2D eigenvalue weighted by Gasteiger charge is 2.23. The highest BCUT2D eigenvalue weighted by molar-refractivity contribution is 5.77. The molecule has 4 aromatic rings. The molecule has 1 aliphatic rings. The van der Waals surface area contributed by atoms with Crippen LogP contribution in [0.1, 0.15) is 38.1 Å². The zero-order valence-corrected chi connectivity index (χ0v) is 17.1. The number of imidazole rings is 1. The molecule has 6 heteroatoms. The Bertz CT molecular complexity index is 1150. The molecule has 0 unspecified atom stereocenters. The predicted molar refractivity (Wildman–Crippen MR) is 117 cm³/mol. The van der Waals surface area contributed by atoms with Gasteiger partial charge in [0.2, 0.25) is 0 Å². The van der Waals surface area contributed by atoms with Gasteiger partial charge in [-0.3, -0.25) is 0 Å². The van der Waals surface area contributed by atoms with Crippen LogP contribution in [0.4, 0.5) is 4.39 Å². The lowest BCUT2D eigenvalue weighted by Crippen LogP contribution is -2.13. The molecular formula is C25H23FN4O. The molecular weight excluding hydrogens is 391 g/mol. The van der Waals surface area contributed by atoms with Gasteiger partial charge in [0.15, 0.2) is 0 Å². The zero-order chi connectivity index (χ0) is 21.0. The summed E-state index contributed by atoms with van der Waals surface area (Å²) in [5.74, 6) is 0.414. The Morgan fingerprint density at radius 1 is 0.871 bits per heavy atom. The number of benzene rings is 2. The zero-order valence-electron chi connectivity index (χ0n) is 17.1. The minimum Gasteiger partial charge on any atom is -0.424 e. The van der Waals surface area contributed by atoms with Gasteiger partial charge in [-0.1, -0.05) is 37.5 Å². The maximum Gasteiger partial charge on any atom is 0.322 e. The fraction of sp³-hybridized carbons (Fsp3) is 0.240. The quantitative estimate of drug-likeness (QED) is 0.377. The minimum absolute atomic E-state index is 0.266. The third-order valence-corrected chi connectivity index (χ3v) is 5.71. The van der Waals surface area contributed by atoms with Gasteiger partial charge >= 0.3 is 6.01 Å². The summed E-state index contributed by atoms with van der Waals surface area (Å²) in [6.45, 7) is 0. The van der Waals surface area contributed by atoms with Crippen LogP contribution in [0.5, 0.6) is 11.8 Å². The lowest BCUT2D eigenvalue weighted by molar-refractivity contribution is 0.355. The molecule has 1 fully saturated rings. The van der Waals surface area contributed by atoms with E-state index in [1.165, 1.54) is 31.4 Å². The van der Waals surface area contributed by atoms with Crippen LogP contribution in [0.3, 0.4) is 0 Å². The van der Waals surface area contributed by atoms with Crippen LogP contribution >= 0.6 is 0 Å². The summed E-state index contributed by atoms with van der Waals surface area (Å²) in [5.41, 5.74) is 3.30. The largest absolute Gasteiger partial charge is 0.424 e. The summed E-state index contributed by atoms with van der Waals surface area (Å²) >= 11 is 0. The molecule has 2 aromatic heterocycles. The van der Waals surface area contributed by atoms with Crippen LogP contribution in [-0.4, -0.2) is 19.5 Å². The fourth-order valence-electron chi connectivity index (χ4n) is 4.19. The molecule has 156 valence electrons. The SMILES string of the molecule is Fc1ccc(-c2ncn(C3CCCCC3)c2-c2ccnc(Oc3ccccc3)n2)cc1. The molecule has 5 nitrogen and oxygen atoms in total. The lowest BCUT2D eigenvalue weighted by atomic mass is 9.95. The Hall–Kier alpha value is -3.54. The van der Waals surface area contributed by atoms with Crippen molar-refractivity contribution in [1.82, 2.24) is 19.5 Å². The van der Waals surface area contributed by atoms with E-state index in [0.717, 1.165) is 35.5 Å². The molecule has 0 saturated heterocycles. The van der Waals surface area contributed by atoms with Crippen molar-refractivity contribution >= 4 is 0 Å². The molecule has 5 rings (SSSR count). The van der Waals surface area contributed by atoms with Gasteiger partial charge in [0.1, 0.15) is 11.6 Å². The van der Waals surface area contributed by atoms with Gasteiger partial charge in [-0.25, -0.2) is 14.4 Å². The van der Waals surface area contributed by atoms with Gasteiger partial charge in [-0.15, -0.1) is 0 Å². The van der Waals surface area contributed by atoms with E-state index >= 15 is 0 Å². The van der Waals surface area contributed by atoms with Crippen molar-refractivity contribution in [3.63, 3.8) is 0 Å². The Labute approximate surface area is 180 Å². The van der Waals surface area contributed by atoms with Crippen molar-refractivity contribution in [2.45, 2.75) is 38.1 Å². The van der Waals surface area contributed by atoms with Gasteiger partial charge in [-0.2, -0.15) is 4.98 Å². The average Bonchev–Trinajstić information content (AvgIpc) is 3.26. The monoisotopic (exact) mass is 414 g/mol. The van der Waals surface area contributed by atoms with Crippen LogP contribution in [0.2, 0.25) is 0 Å². The first-order valence-corrected chi connectivity index (χ1v) is 10.7. The standard InChI is InChI=1S/C25H23FN4O/c26-19-13-11-18(12-14-19)23-24(30(17-28-23)20-7-3-1-4-8-20)22-15-16-27-25(29-22)31-21-9-5-2-6-10-21/h2,5-6,9-17,20H,1,3-4,7-8H2. The van der Waals surface area contributed by atoms with Gasteiger partial charge in [0.05, 0.1) is 23.4 Å². The first-order valence-electron chi connectivity index (χ1n) is 10.7. The second-order valence-electron chi connectivity index (χ2n) is 7.79. The summed E-state index contributed by atoms with van der Waals surface area (Å²) in [7, 11) is 0. The molecule has 0 spiro atoms. The van der Waals surface area contributed by atoms with E-state index in [-0.39, 0.29) is 11.8 Å². The Kier molecular flexibility index (Phi) is 5.44. The number of rotatable bonds is 5. The smallest absolute Gasteiger partial charge is 0.322 e. The molecule has 1 aliphatic carbocycles. The molecule has 31 heavy (non-hydrogen) atoms. The average molecular weight is 414 g/mol. The summed E-state index contributed by atoms with van der Waals surface area (Å²) in [5, 5.41) is 0. The summed E-state index contributed by atoms with van der Waals surface area (Å²) in [6, 6.07) is 18.5. The Morgan fingerprint density at radius 3 is 2.42 bits per heavy atom. The topological polar surface area (TPSA) is 52.8 Å². The number of ether oxygens (including phenoxy) is 1. The van der Waals surface area contributed by atoms with Crippen LogP contribution in [0, 0.1) is 5.82 Å². The van der Waals surface area contributed by atoms with E-state index in [1.807, 2.05) is 42.7 Å². The van der Waals surface area contributed by atoms with E-state index in [1.54, 1.807) is 18.3 Å². The van der Waals surface area contributed by atoms with E-state index < -0.39 is 0 Å². The summed E-state index contributed by atoms with van der Waals surface area (Å²) < 4.78 is 21.6. The highest BCUT2D eigenvalue weighted by Crippen LogP contribution is 2.37. The Morgan fingerprint density at radius 2 is 1.65 bits per heavy atom. The maximum atomic E-state index is 13.5. The fourth-order valence-corrected chi connectivity index (χ4v) is 4.19. The van der Waals surface area contributed by atoms with Crippen LogP contribution in [-0.2, 0) is 0 Å². The summed E-state index contributed by atoms with van der Waals surface area (Å²) in [4.78, 5) is 13.7. The molecule has 2 heterocycles. The highest BCUT2D eigenvalue weighted by atomic mass is 19.1. The molecule has 2 aromatic carbocycles. The van der Waals surface area contributed by atoms with Crippen molar-refractivity contribution in [1.29, 1.82) is 0 Å². The van der Waals surface area contributed by atoms with Crippen molar-refractivity contribution < 1.29 is 9.13 Å². The van der Waals surface area contributed by atoms with E-state index in [2.05, 4.69) is 9.55 Å². The number of hydrogen-bond donors (Lipinski definition) is 0. The van der Waals surface area contributed by atoms with Crippen molar-refractivity contribution in [2.75, 3.05) is 0 Å². The van der Waals surface area contributed by atoms with Crippen molar-refractivity contribution in [2.24, 2.45) is 0 Å². The van der Waals surface area contributed by atoms with Crippen LogP contribution in [0.25, 0.3) is 22.6 Å². The van der Waals surface area contributed by atoms with Gasteiger partial charge < -0.3 is 9.30 Å². The van der Waals surface area contributed by atoms with Crippen LogP contribution in [0.15, 0.2) is 73.2 Å². The third-order valence-electron chi connectivity index (χ3n) is 5.71. The van der Waals surface area contributed by atoms with Crippen molar-refractivity contribution in [3.8, 4) is 34.4 Å². The number of halogens is 1. The normalized spacial score (nSPS) is 14.5. The number of aromatic nitrogens is 4. The van der Waals surface area contributed by atoms with E-state index in [9.17, 15) is 4.39 Å². The second kappa shape index (κ2) is 8.68. The molecule has 0 radical (unpaired) electrons. The molecule has 1 saturated carbocycles. The van der Waals surface area contributed by atoms with Gasteiger partial charge in [0, 0.05) is 17.8 Å². The van der Waals surface area contributed by atoms with E-state index in [4.69, 9.17) is 14.7 Å². The number of para-hydroxylation sites is 1. The Balaban J connectivity index is 1.58. The van der Waals surface area contributed by atoms with Crippen molar-refractivity contribution in [3.05, 3.63) is 79.0 Å². The lowest BCUT2D eigenvalue weighted by Gasteiger charge is -2.25. The first kappa shape index (κ1) is 19.4. The molecule has 0 bridgehead atoms. The molecule has 0 aliphatic heterocycles. The first-order chi connectivity index (χ1) is 15.3. The second-order valence-corrected chi connectivity index (χ2v) is 7.79. The van der Waals surface area contributed by atoms with Gasteiger partial charge in [-0.05, 0) is 55.3 Å². The number of hydrogen-bond acceptors (Lipinski definition) is 4. The van der Waals surface area contributed by atoms with E-state index in [0.29, 0.717) is 11.8 Å². The van der Waals surface area contributed by atoms with Crippen LogP contribution < -0.4 is 4.74 Å². The predicted octanol–water partition coefficient (Wildman–Crippen LogP) is 6.44. The number of nitrogens with zero attached hydrogens (tertiary/aromatic N) is 4. The molecule has 0 atom stereocenters. The maximum absolute atomic E-state index is 13.5. The summed E-state index contributed by atoms with van der Waals surface area (Å²) in [6.07, 6.45) is 9.51. The molecule has 0 amide bonds. The third kappa shape index (κ3) is 4.19.